The predicted octanol–water partition coefficient (Wildman–Crippen LogP) is 7.47. The number of hydrogen-bond donors (Lipinski definition) is 0. The molecule has 0 saturated heterocycles. The maximum atomic E-state index is 4.47. The van der Waals surface area contributed by atoms with Gasteiger partial charge >= 0.3 is 0 Å². The Balaban J connectivity index is 2.10. The van der Waals surface area contributed by atoms with Crippen LogP contribution in [0.15, 0.2) is 172 Å². The van der Waals surface area contributed by atoms with E-state index in [9.17, 15) is 0 Å². The minimum Gasteiger partial charge on any atom is -0.102 e. The maximum Gasteiger partial charge on any atom is 0.0510 e. The third kappa shape index (κ3) is 4.49. The first kappa shape index (κ1) is 25.8. The molecule has 0 unspecified atom stereocenters. The van der Waals surface area contributed by atoms with Gasteiger partial charge in [-0.15, -0.1) is 26.3 Å². The van der Waals surface area contributed by atoms with Gasteiger partial charge in [-0.1, -0.05) is 146 Å². The van der Waals surface area contributed by atoms with E-state index in [4.69, 9.17) is 0 Å². The molecule has 0 spiro atoms. The van der Waals surface area contributed by atoms with Gasteiger partial charge in [0.25, 0.3) is 0 Å². The molecule has 0 radical (unpaired) electrons. The van der Waals surface area contributed by atoms with Crippen LogP contribution < -0.4 is 21.2 Å². The highest BCUT2D eigenvalue weighted by Gasteiger charge is 2.54. The van der Waals surface area contributed by atoms with Crippen molar-refractivity contribution >= 4 is 37.1 Å². The van der Waals surface area contributed by atoms with Gasteiger partial charge in [0, 0.05) is 0 Å². The average molecular weight is 503 g/mol. The molecule has 0 nitrogen and oxygen atoms in total. The van der Waals surface area contributed by atoms with Gasteiger partial charge in [0.1, 0.15) is 0 Å². The van der Waals surface area contributed by atoms with Crippen molar-refractivity contribution in [2.45, 2.75) is 10.3 Å². The Bertz CT molecular complexity index is 1090. The summed E-state index contributed by atoms with van der Waals surface area (Å²) in [5.74, 6) is 0. The molecular formula is C34H32P2. The molecular weight excluding hydrogens is 470 g/mol. The Kier molecular flexibility index (Phi) is 8.32. The zero-order valence-corrected chi connectivity index (χ0v) is 22.4. The lowest BCUT2D eigenvalue weighted by atomic mass is 9.90. The second-order valence-electron chi connectivity index (χ2n) is 8.48. The van der Waals surface area contributed by atoms with Gasteiger partial charge in [-0.2, -0.15) is 0 Å². The topological polar surface area (TPSA) is 0 Å². The molecule has 0 bridgehead atoms. The molecule has 0 saturated carbocycles. The summed E-state index contributed by atoms with van der Waals surface area (Å²) in [7, 11) is -1.95. The maximum absolute atomic E-state index is 4.47. The summed E-state index contributed by atoms with van der Waals surface area (Å²) in [6.45, 7) is 17.9. The molecule has 4 aromatic rings. The first-order valence-electron chi connectivity index (χ1n) is 12.0. The smallest absolute Gasteiger partial charge is 0.0510 e. The standard InChI is InChI=1S/C34H32P2/c1-5-33(6-2,35(29-21-13-9-14-22-29)30-23-15-10-16-24-30)34(7-3,8-4)36(31-25-17-11-18-26-31)32-27-19-12-20-28-32/h5-28H,1-4H2. The van der Waals surface area contributed by atoms with Gasteiger partial charge < -0.3 is 0 Å². The fourth-order valence-electron chi connectivity index (χ4n) is 5.00. The lowest BCUT2D eigenvalue weighted by Gasteiger charge is -2.53. The van der Waals surface area contributed by atoms with Gasteiger partial charge in [0.05, 0.1) is 10.3 Å². The molecule has 0 N–H and O–H groups in total. The Morgan fingerprint density at radius 2 is 0.556 bits per heavy atom. The Morgan fingerprint density at radius 1 is 0.361 bits per heavy atom. The third-order valence-electron chi connectivity index (χ3n) is 6.68. The summed E-state index contributed by atoms with van der Waals surface area (Å²) in [4.78, 5) is 0. The molecule has 4 rings (SSSR count). The summed E-state index contributed by atoms with van der Waals surface area (Å²) in [5.41, 5.74) is 0. The fraction of sp³-hybridized carbons (Fsp3) is 0.0588. The second kappa shape index (κ2) is 11.6. The summed E-state index contributed by atoms with van der Waals surface area (Å²) in [6, 6.07) is 43.0. The molecule has 0 heterocycles. The normalized spacial score (nSPS) is 11.7. The predicted molar refractivity (Wildman–Crippen MR) is 164 cm³/mol. The van der Waals surface area contributed by atoms with E-state index in [1.54, 1.807) is 0 Å². The number of rotatable bonds is 11. The quantitative estimate of drug-likeness (QED) is 0.147. The SMILES string of the molecule is C=CC(C=C)(P(c1ccccc1)c1ccccc1)C(C=C)(C=C)P(c1ccccc1)c1ccccc1. The minimum absolute atomic E-state index is 0.564. The van der Waals surface area contributed by atoms with Crippen molar-refractivity contribution in [3.63, 3.8) is 0 Å². The highest BCUT2D eigenvalue weighted by Crippen LogP contribution is 2.66. The van der Waals surface area contributed by atoms with Crippen LogP contribution in [0.3, 0.4) is 0 Å². The fourth-order valence-corrected chi connectivity index (χ4v) is 11.6. The van der Waals surface area contributed by atoms with Crippen LogP contribution in [-0.4, -0.2) is 10.3 Å². The van der Waals surface area contributed by atoms with Crippen molar-refractivity contribution < 1.29 is 0 Å². The zero-order chi connectivity index (χ0) is 25.4. The molecule has 4 aromatic carbocycles. The van der Waals surface area contributed by atoms with Gasteiger partial charge in [-0.25, -0.2) is 0 Å². The lowest BCUT2D eigenvalue weighted by Crippen LogP contribution is -2.52. The van der Waals surface area contributed by atoms with E-state index in [1.165, 1.54) is 21.2 Å². The first-order chi connectivity index (χ1) is 17.7. The molecule has 0 aliphatic heterocycles. The molecule has 0 atom stereocenters. The molecule has 36 heavy (non-hydrogen) atoms. The highest BCUT2D eigenvalue weighted by molar-refractivity contribution is 7.79. The number of hydrogen-bond acceptors (Lipinski definition) is 0. The van der Waals surface area contributed by atoms with E-state index in [1.807, 2.05) is 0 Å². The summed E-state index contributed by atoms with van der Waals surface area (Å²) in [5, 5.41) is 3.94. The second-order valence-corrected chi connectivity index (χ2v) is 13.4. The summed E-state index contributed by atoms with van der Waals surface area (Å²) >= 11 is 0. The van der Waals surface area contributed by atoms with Crippen LogP contribution in [0, 0.1) is 0 Å². The largest absolute Gasteiger partial charge is 0.102 e. The molecule has 0 aliphatic rings. The van der Waals surface area contributed by atoms with Crippen LogP contribution in [-0.2, 0) is 0 Å². The van der Waals surface area contributed by atoms with E-state index in [0.717, 1.165) is 0 Å². The minimum atomic E-state index is -0.974. The van der Waals surface area contributed by atoms with E-state index in [-0.39, 0.29) is 0 Å². The van der Waals surface area contributed by atoms with Gasteiger partial charge in [-0.05, 0) is 37.1 Å². The summed E-state index contributed by atoms with van der Waals surface area (Å²) < 4.78 is 0. The van der Waals surface area contributed by atoms with Crippen LogP contribution in [0.4, 0.5) is 0 Å². The van der Waals surface area contributed by atoms with Crippen molar-refractivity contribution in [3.8, 4) is 0 Å². The van der Waals surface area contributed by atoms with Crippen molar-refractivity contribution in [1.82, 2.24) is 0 Å². The van der Waals surface area contributed by atoms with Crippen LogP contribution in [0.2, 0.25) is 0 Å². The van der Waals surface area contributed by atoms with Gasteiger partial charge in [-0.3, -0.25) is 0 Å². The van der Waals surface area contributed by atoms with Crippen molar-refractivity contribution in [1.29, 1.82) is 0 Å². The molecule has 2 heteroatoms. The molecule has 0 amide bonds. The first-order valence-corrected chi connectivity index (χ1v) is 14.7. The van der Waals surface area contributed by atoms with Crippen LogP contribution in [0.5, 0.6) is 0 Å². The van der Waals surface area contributed by atoms with Gasteiger partial charge in [0.15, 0.2) is 0 Å². The van der Waals surface area contributed by atoms with Crippen molar-refractivity contribution in [2.75, 3.05) is 0 Å². The van der Waals surface area contributed by atoms with E-state index in [2.05, 4.69) is 172 Å². The van der Waals surface area contributed by atoms with E-state index in [0.29, 0.717) is 0 Å². The molecule has 0 aromatic heterocycles. The molecule has 0 aliphatic carbocycles. The lowest BCUT2D eigenvalue weighted by molar-refractivity contribution is 0.768. The average Bonchev–Trinajstić information content (AvgIpc) is 2.96. The van der Waals surface area contributed by atoms with Crippen LogP contribution in [0.25, 0.3) is 0 Å². The van der Waals surface area contributed by atoms with Crippen LogP contribution >= 0.6 is 15.8 Å². The Morgan fingerprint density at radius 3 is 0.722 bits per heavy atom. The zero-order valence-electron chi connectivity index (χ0n) is 20.6. The van der Waals surface area contributed by atoms with E-state index < -0.39 is 26.2 Å². The third-order valence-corrected chi connectivity index (χ3v) is 13.1. The van der Waals surface area contributed by atoms with Crippen molar-refractivity contribution in [2.24, 2.45) is 0 Å². The van der Waals surface area contributed by atoms with E-state index >= 15 is 0 Å². The number of allylic oxidation sites excluding steroid dienone is 4. The highest BCUT2D eigenvalue weighted by atomic mass is 31.1. The van der Waals surface area contributed by atoms with Crippen LogP contribution in [0.1, 0.15) is 0 Å². The van der Waals surface area contributed by atoms with Crippen molar-refractivity contribution in [3.05, 3.63) is 172 Å². The Labute approximate surface area is 218 Å². The monoisotopic (exact) mass is 502 g/mol. The molecule has 0 fully saturated rings. The number of benzene rings is 4. The molecule has 178 valence electrons. The Hall–Kier alpha value is -3.30. The summed E-state index contributed by atoms with van der Waals surface area (Å²) in [6.07, 6.45) is 8.43. The van der Waals surface area contributed by atoms with Gasteiger partial charge in [0.2, 0.25) is 0 Å².